The summed E-state index contributed by atoms with van der Waals surface area (Å²) in [5.41, 5.74) is 2.45. The number of fused-ring (bicyclic) bond motifs is 1. The van der Waals surface area contributed by atoms with E-state index in [9.17, 15) is 9.18 Å². The summed E-state index contributed by atoms with van der Waals surface area (Å²) < 4.78 is 13.7. The highest BCUT2D eigenvalue weighted by molar-refractivity contribution is 5.85. The Morgan fingerprint density at radius 2 is 2.06 bits per heavy atom. The van der Waals surface area contributed by atoms with Gasteiger partial charge in [-0.3, -0.25) is 0 Å². The molecule has 1 aliphatic carbocycles. The van der Waals surface area contributed by atoms with E-state index in [0.717, 1.165) is 42.9 Å². The van der Waals surface area contributed by atoms with Crippen molar-refractivity contribution in [2.24, 2.45) is 0 Å². The minimum Gasteiger partial charge on any atom is -0.478 e. The van der Waals surface area contributed by atoms with Crippen LogP contribution in [0.25, 0.3) is 6.08 Å². The van der Waals surface area contributed by atoms with Crippen LogP contribution in [0.15, 0.2) is 18.2 Å². The van der Waals surface area contributed by atoms with E-state index in [-0.39, 0.29) is 5.82 Å². The molecular formula is C13H13FO2. The molecular weight excluding hydrogens is 207 g/mol. The van der Waals surface area contributed by atoms with Crippen molar-refractivity contribution in [3.05, 3.63) is 40.7 Å². The summed E-state index contributed by atoms with van der Waals surface area (Å²) in [7, 11) is 0. The molecule has 84 valence electrons. The Balaban J connectivity index is 2.35. The van der Waals surface area contributed by atoms with Crippen LogP contribution in [0.2, 0.25) is 0 Å². The standard InChI is InChI=1S/C13H13FO2/c14-12-8-9(5-6-13(15)16)7-10-3-1-2-4-11(10)12/h5-8H,1-4H2,(H,15,16). The fraction of sp³-hybridized carbons (Fsp3) is 0.308. The molecule has 0 unspecified atom stereocenters. The van der Waals surface area contributed by atoms with Crippen molar-refractivity contribution >= 4 is 12.0 Å². The zero-order chi connectivity index (χ0) is 11.5. The number of halogens is 1. The minimum atomic E-state index is -1.02. The molecule has 3 heteroatoms. The normalized spacial score (nSPS) is 15.1. The maximum atomic E-state index is 13.7. The van der Waals surface area contributed by atoms with E-state index in [1.54, 1.807) is 0 Å². The van der Waals surface area contributed by atoms with Crippen LogP contribution in [-0.2, 0) is 17.6 Å². The molecule has 2 nitrogen and oxygen atoms in total. The van der Waals surface area contributed by atoms with Crippen molar-refractivity contribution in [2.75, 3.05) is 0 Å². The largest absolute Gasteiger partial charge is 0.478 e. The van der Waals surface area contributed by atoms with Gasteiger partial charge in [-0.15, -0.1) is 0 Å². The lowest BCUT2D eigenvalue weighted by molar-refractivity contribution is -0.131. The van der Waals surface area contributed by atoms with Gasteiger partial charge in [0.15, 0.2) is 0 Å². The Morgan fingerprint density at radius 1 is 1.31 bits per heavy atom. The van der Waals surface area contributed by atoms with Gasteiger partial charge in [-0.25, -0.2) is 9.18 Å². The summed E-state index contributed by atoms with van der Waals surface area (Å²) >= 11 is 0. The molecule has 0 spiro atoms. The molecule has 16 heavy (non-hydrogen) atoms. The molecule has 0 heterocycles. The molecule has 1 N–H and O–H groups in total. The third-order valence-corrected chi connectivity index (χ3v) is 2.85. The van der Waals surface area contributed by atoms with Crippen LogP contribution < -0.4 is 0 Å². The third kappa shape index (κ3) is 2.30. The second kappa shape index (κ2) is 4.47. The Labute approximate surface area is 93.4 Å². The van der Waals surface area contributed by atoms with Crippen LogP contribution in [0.3, 0.4) is 0 Å². The van der Waals surface area contributed by atoms with Crippen LogP contribution in [0.1, 0.15) is 29.5 Å². The van der Waals surface area contributed by atoms with Crippen molar-refractivity contribution in [1.82, 2.24) is 0 Å². The second-order valence-electron chi connectivity index (χ2n) is 4.02. The van der Waals surface area contributed by atoms with E-state index in [2.05, 4.69) is 0 Å². The van der Waals surface area contributed by atoms with E-state index in [1.807, 2.05) is 6.07 Å². The number of hydrogen-bond acceptors (Lipinski definition) is 1. The summed E-state index contributed by atoms with van der Waals surface area (Å²) in [6, 6.07) is 3.29. The molecule has 0 amide bonds. The van der Waals surface area contributed by atoms with Gasteiger partial charge in [0.25, 0.3) is 0 Å². The topological polar surface area (TPSA) is 37.3 Å². The van der Waals surface area contributed by atoms with Crippen LogP contribution >= 0.6 is 0 Å². The SMILES string of the molecule is O=C(O)C=Cc1cc(F)c2c(c1)CCCC2. The first-order valence-electron chi connectivity index (χ1n) is 5.39. The van der Waals surface area contributed by atoms with Crippen molar-refractivity contribution in [1.29, 1.82) is 0 Å². The zero-order valence-corrected chi connectivity index (χ0v) is 8.87. The molecule has 1 aromatic carbocycles. The lowest BCUT2D eigenvalue weighted by Gasteiger charge is -2.16. The van der Waals surface area contributed by atoms with Gasteiger partial charge < -0.3 is 5.11 Å². The fourth-order valence-corrected chi connectivity index (χ4v) is 2.10. The number of aliphatic carboxylic acids is 1. The van der Waals surface area contributed by atoms with Gasteiger partial charge in [-0.1, -0.05) is 6.07 Å². The van der Waals surface area contributed by atoms with Crippen molar-refractivity contribution < 1.29 is 14.3 Å². The zero-order valence-electron chi connectivity index (χ0n) is 8.87. The molecule has 1 aliphatic rings. The maximum absolute atomic E-state index is 13.7. The van der Waals surface area contributed by atoms with Gasteiger partial charge in [0.2, 0.25) is 0 Å². The predicted octanol–water partition coefficient (Wildman–Crippen LogP) is 2.80. The highest BCUT2D eigenvalue weighted by Gasteiger charge is 2.14. The van der Waals surface area contributed by atoms with Crippen LogP contribution in [0, 0.1) is 5.82 Å². The Bertz CT molecular complexity index is 449. The fourth-order valence-electron chi connectivity index (χ4n) is 2.10. The molecule has 0 fully saturated rings. The highest BCUT2D eigenvalue weighted by Crippen LogP contribution is 2.25. The summed E-state index contributed by atoms with van der Waals surface area (Å²) in [6.07, 6.45) is 6.27. The van der Waals surface area contributed by atoms with Gasteiger partial charge >= 0.3 is 5.97 Å². The number of carbonyl (C=O) groups is 1. The van der Waals surface area contributed by atoms with E-state index in [1.165, 1.54) is 12.1 Å². The molecule has 0 saturated heterocycles. The summed E-state index contributed by atoms with van der Waals surface area (Å²) in [6.45, 7) is 0. The van der Waals surface area contributed by atoms with Crippen LogP contribution in [-0.4, -0.2) is 11.1 Å². The van der Waals surface area contributed by atoms with Crippen molar-refractivity contribution in [3.63, 3.8) is 0 Å². The Hall–Kier alpha value is -1.64. The number of aryl methyl sites for hydroxylation is 1. The molecule has 0 bridgehead atoms. The van der Waals surface area contributed by atoms with Crippen LogP contribution in [0.5, 0.6) is 0 Å². The number of rotatable bonds is 2. The predicted molar refractivity (Wildman–Crippen MR) is 59.7 cm³/mol. The number of carboxylic acids is 1. The first-order chi connectivity index (χ1) is 7.66. The molecule has 0 radical (unpaired) electrons. The minimum absolute atomic E-state index is 0.206. The van der Waals surface area contributed by atoms with Crippen molar-refractivity contribution in [3.8, 4) is 0 Å². The average Bonchev–Trinajstić information content (AvgIpc) is 2.26. The second-order valence-corrected chi connectivity index (χ2v) is 4.02. The Kier molecular flexibility index (Phi) is 3.04. The maximum Gasteiger partial charge on any atom is 0.328 e. The van der Waals surface area contributed by atoms with Crippen molar-refractivity contribution in [2.45, 2.75) is 25.7 Å². The smallest absolute Gasteiger partial charge is 0.328 e. The molecule has 2 rings (SSSR count). The van der Waals surface area contributed by atoms with Gasteiger partial charge in [0, 0.05) is 6.08 Å². The number of carboxylic acid groups (broad SMARTS) is 1. The first kappa shape index (κ1) is 10.9. The number of hydrogen-bond donors (Lipinski definition) is 1. The van der Waals surface area contributed by atoms with E-state index >= 15 is 0 Å². The summed E-state index contributed by atoms with van der Waals surface area (Å²) in [5.74, 6) is -1.22. The third-order valence-electron chi connectivity index (χ3n) is 2.85. The molecule has 0 atom stereocenters. The summed E-state index contributed by atoms with van der Waals surface area (Å²) in [4.78, 5) is 10.4. The Morgan fingerprint density at radius 3 is 2.81 bits per heavy atom. The number of benzene rings is 1. The van der Waals surface area contributed by atoms with Gasteiger partial charge in [0.1, 0.15) is 5.82 Å². The monoisotopic (exact) mass is 220 g/mol. The van der Waals surface area contributed by atoms with E-state index in [0.29, 0.717) is 5.56 Å². The summed E-state index contributed by atoms with van der Waals surface area (Å²) in [5, 5.41) is 8.50. The highest BCUT2D eigenvalue weighted by atomic mass is 19.1. The quantitative estimate of drug-likeness (QED) is 0.778. The average molecular weight is 220 g/mol. The van der Waals surface area contributed by atoms with Gasteiger partial charge in [-0.05, 0) is 54.5 Å². The first-order valence-corrected chi connectivity index (χ1v) is 5.39. The van der Waals surface area contributed by atoms with Gasteiger partial charge in [-0.2, -0.15) is 0 Å². The molecule has 0 aliphatic heterocycles. The molecule has 0 aromatic heterocycles. The lowest BCUT2D eigenvalue weighted by atomic mass is 9.90. The van der Waals surface area contributed by atoms with Crippen LogP contribution in [0.4, 0.5) is 4.39 Å². The lowest BCUT2D eigenvalue weighted by Crippen LogP contribution is -2.05. The van der Waals surface area contributed by atoms with E-state index in [4.69, 9.17) is 5.11 Å². The van der Waals surface area contributed by atoms with E-state index < -0.39 is 5.97 Å². The van der Waals surface area contributed by atoms with Gasteiger partial charge in [0.05, 0.1) is 0 Å². The molecule has 1 aromatic rings. The molecule has 0 saturated carbocycles.